The highest BCUT2D eigenvalue weighted by molar-refractivity contribution is 7.89. The van der Waals surface area contributed by atoms with Crippen molar-refractivity contribution in [1.29, 1.82) is 0 Å². The molecule has 0 bridgehead atoms. The van der Waals surface area contributed by atoms with Gasteiger partial charge in [-0.1, -0.05) is 29.8 Å². The average molecular weight is 329 g/mol. The van der Waals surface area contributed by atoms with Gasteiger partial charge in [0.1, 0.15) is 10.7 Å². The molecule has 2 N–H and O–H groups in total. The largest absolute Gasteiger partial charge is 0.399 e. The minimum absolute atomic E-state index is 0.0474. The Balaban J connectivity index is 2.33. The number of nitrogen functional groups attached to an aromatic ring is 1. The van der Waals surface area contributed by atoms with Crippen LogP contribution in [0.15, 0.2) is 47.4 Å². The first-order chi connectivity index (χ1) is 9.82. The number of halogens is 2. The highest BCUT2D eigenvalue weighted by Crippen LogP contribution is 2.23. The minimum Gasteiger partial charge on any atom is -0.399 e. The molecule has 2 rings (SSSR count). The van der Waals surface area contributed by atoms with Crippen molar-refractivity contribution in [3.8, 4) is 0 Å². The predicted octanol–water partition coefficient (Wildman–Crippen LogP) is 2.88. The molecule has 0 atom stereocenters. The number of sulfonamides is 1. The van der Waals surface area contributed by atoms with E-state index < -0.39 is 20.7 Å². The van der Waals surface area contributed by atoms with Gasteiger partial charge in [-0.15, -0.1) is 0 Å². The van der Waals surface area contributed by atoms with E-state index in [9.17, 15) is 12.8 Å². The zero-order valence-corrected chi connectivity index (χ0v) is 12.8. The number of hydrogen-bond acceptors (Lipinski definition) is 3. The molecule has 0 aliphatic heterocycles. The summed E-state index contributed by atoms with van der Waals surface area (Å²) in [6, 6.07) is 10.4. The van der Waals surface area contributed by atoms with Crippen molar-refractivity contribution in [2.75, 3.05) is 12.8 Å². The molecule has 0 spiro atoms. The van der Waals surface area contributed by atoms with Crippen molar-refractivity contribution in [3.63, 3.8) is 0 Å². The van der Waals surface area contributed by atoms with Gasteiger partial charge >= 0.3 is 0 Å². The summed E-state index contributed by atoms with van der Waals surface area (Å²) in [5, 5.41) is 0.456. The van der Waals surface area contributed by atoms with E-state index in [0.717, 1.165) is 16.4 Å². The molecule has 0 saturated carbocycles. The zero-order valence-electron chi connectivity index (χ0n) is 11.3. The molecule has 0 aromatic heterocycles. The fourth-order valence-electron chi connectivity index (χ4n) is 1.85. The van der Waals surface area contributed by atoms with Crippen LogP contribution in [0.3, 0.4) is 0 Å². The third-order valence-electron chi connectivity index (χ3n) is 3.00. The average Bonchev–Trinajstić information content (AvgIpc) is 2.40. The van der Waals surface area contributed by atoms with Crippen LogP contribution in [0, 0.1) is 5.82 Å². The monoisotopic (exact) mass is 328 g/mol. The molecule has 2 aromatic carbocycles. The number of nitrogens with two attached hydrogens (primary N) is 1. The van der Waals surface area contributed by atoms with E-state index in [1.54, 1.807) is 24.3 Å². The van der Waals surface area contributed by atoms with Crippen molar-refractivity contribution in [3.05, 3.63) is 58.9 Å². The SMILES string of the molecule is CN(Cc1ccccc1Cl)S(=O)(=O)c1ccc(N)cc1F. The molecule has 0 fully saturated rings. The molecule has 0 unspecified atom stereocenters. The van der Waals surface area contributed by atoms with Gasteiger partial charge in [0.25, 0.3) is 0 Å². The molecule has 112 valence electrons. The van der Waals surface area contributed by atoms with Crippen LogP contribution in [0.25, 0.3) is 0 Å². The second-order valence-electron chi connectivity index (χ2n) is 4.54. The van der Waals surface area contributed by atoms with E-state index in [4.69, 9.17) is 17.3 Å². The molecule has 2 aromatic rings. The summed E-state index contributed by atoms with van der Waals surface area (Å²) in [5.74, 6) is -0.874. The molecule has 7 heteroatoms. The Morgan fingerprint density at radius 2 is 1.90 bits per heavy atom. The third kappa shape index (κ3) is 3.34. The van der Waals surface area contributed by atoms with Crippen LogP contribution in [0.5, 0.6) is 0 Å². The molecule has 0 aliphatic carbocycles. The molecule has 0 heterocycles. The lowest BCUT2D eigenvalue weighted by atomic mass is 10.2. The molecule has 4 nitrogen and oxygen atoms in total. The van der Waals surface area contributed by atoms with Gasteiger partial charge in [-0.05, 0) is 29.8 Å². The summed E-state index contributed by atoms with van der Waals surface area (Å²) < 4.78 is 39.6. The van der Waals surface area contributed by atoms with Crippen molar-refractivity contribution in [1.82, 2.24) is 4.31 Å². The Labute approximate surface area is 128 Å². The predicted molar refractivity (Wildman–Crippen MR) is 80.9 cm³/mol. The third-order valence-corrected chi connectivity index (χ3v) is 5.20. The van der Waals surface area contributed by atoms with Gasteiger partial charge in [-0.3, -0.25) is 0 Å². The molecular weight excluding hydrogens is 315 g/mol. The number of nitrogens with zero attached hydrogens (tertiary/aromatic N) is 1. The van der Waals surface area contributed by atoms with Crippen LogP contribution in [0.4, 0.5) is 10.1 Å². The normalized spacial score (nSPS) is 11.8. The highest BCUT2D eigenvalue weighted by Gasteiger charge is 2.25. The minimum atomic E-state index is -3.96. The van der Waals surface area contributed by atoms with E-state index >= 15 is 0 Å². The summed E-state index contributed by atoms with van der Waals surface area (Å²) in [5.41, 5.74) is 6.23. The van der Waals surface area contributed by atoms with Gasteiger partial charge in [0, 0.05) is 24.3 Å². The lowest BCUT2D eigenvalue weighted by Crippen LogP contribution is -2.27. The smallest absolute Gasteiger partial charge is 0.246 e. The van der Waals surface area contributed by atoms with Crippen molar-refractivity contribution >= 4 is 27.3 Å². The van der Waals surface area contributed by atoms with Gasteiger partial charge in [-0.2, -0.15) is 4.31 Å². The van der Waals surface area contributed by atoms with Gasteiger partial charge in [-0.25, -0.2) is 12.8 Å². The first kappa shape index (κ1) is 15.8. The van der Waals surface area contributed by atoms with Crippen LogP contribution < -0.4 is 5.73 Å². The van der Waals surface area contributed by atoms with Gasteiger partial charge in [0.2, 0.25) is 10.0 Å². The van der Waals surface area contributed by atoms with Crippen LogP contribution in [-0.4, -0.2) is 19.8 Å². The summed E-state index contributed by atoms with van der Waals surface area (Å²) in [7, 11) is -2.59. The number of rotatable bonds is 4. The Hall–Kier alpha value is -1.63. The molecular formula is C14H14ClFN2O2S. The summed E-state index contributed by atoms with van der Waals surface area (Å²) in [4.78, 5) is -0.411. The lowest BCUT2D eigenvalue weighted by Gasteiger charge is -2.18. The van der Waals surface area contributed by atoms with Gasteiger partial charge < -0.3 is 5.73 Å². The Morgan fingerprint density at radius 1 is 1.24 bits per heavy atom. The molecule has 0 aliphatic rings. The van der Waals surface area contributed by atoms with Crippen molar-refractivity contribution in [2.24, 2.45) is 0 Å². The van der Waals surface area contributed by atoms with Crippen LogP contribution in [0.2, 0.25) is 5.02 Å². The molecule has 0 radical (unpaired) electrons. The van der Waals surface area contributed by atoms with Crippen LogP contribution in [-0.2, 0) is 16.6 Å². The van der Waals surface area contributed by atoms with Crippen molar-refractivity contribution < 1.29 is 12.8 Å². The van der Waals surface area contributed by atoms with E-state index in [0.29, 0.717) is 10.6 Å². The van der Waals surface area contributed by atoms with Gasteiger partial charge in [0.15, 0.2) is 0 Å². The van der Waals surface area contributed by atoms with E-state index in [1.165, 1.54) is 13.1 Å². The van der Waals surface area contributed by atoms with Gasteiger partial charge in [0.05, 0.1) is 0 Å². The first-order valence-corrected chi connectivity index (χ1v) is 7.89. The number of hydrogen-bond donors (Lipinski definition) is 1. The fourth-order valence-corrected chi connectivity index (χ4v) is 3.23. The maximum Gasteiger partial charge on any atom is 0.246 e. The summed E-state index contributed by atoms with van der Waals surface area (Å²) in [6.45, 7) is 0.0474. The standard InChI is InChI=1S/C14H14ClFN2O2S/c1-18(9-10-4-2-3-5-12(10)15)21(19,20)14-7-6-11(17)8-13(14)16/h2-8H,9,17H2,1H3. The van der Waals surface area contributed by atoms with E-state index in [1.807, 2.05) is 0 Å². The molecule has 0 saturated heterocycles. The second kappa shape index (κ2) is 6.01. The van der Waals surface area contributed by atoms with Crippen LogP contribution >= 0.6 is 11.6 Å². The van der Waals surface area contributed by atoms with Crippen LogP contribution in [0.1, 0.15) is 5.56 Å². The van der Waals surface area contributed by atoms with E-state index in [2.05, 4.69) is 0 Å². The zero-order chi connectivity index (χ0) is 15.6. The Bertz CT molecular complexity index is 765. The second-order valence-corrected chi connectivity index (χ2v) is 6.96. The Morgan fingerprint density at radius 3 is 2.52 bits per heavy atom. The number of benzene rings is 2. The van der Waals surface area contributed by atoms with E-state index in [-0.39, 0.29) is 12.2 Å². The lowest BCUT2D eigenvalue weighted by molar-refractivity contribution is 0.460. The fraction of sp³-hybridized carbons (Fsp3) is 0.143. The molecule has 0 amide bonds. The summed E-state index contributed by atoms with van der Waals surface area (Å²) in [6.07, 6.45) is 0. The van der Waals surface area contributed by atoms with Crippen molar-refractivity contribution in [2.45, 2.75) is 11.4 Å². The maximum absolute atomic E-state index is 13.8. The maximum atomic E-state index is 13.8. The summed E-state index contributed by atoms with van der Waals surface area (Å²) >= 11 is 6.00. The quantitative estimate of drug-likeness (QED) is 0.878. The highest BCUT2D eigenvalue weighted by atomic mass is 35.5. The molecule has 21 heavy (non-hydrogen) atoms. The number of anilines is 1. The topological polar surface area (TPSA) is 63.4 Å². The first-order valence-electron chi connectivity index (χ1n) is 6.07. The Kier molecular flexibility index (Phi) is 4.51.